The van der Waals surface area contributed by atoms with Gasteiger partial charge in [-0.15, -0.1) is 0 Å². The van der Waals surface area contributed by atoms with Crippen molar-refractivity contribution in [1.82, 2.24) is 14.5 Å². The molecular weight excluding hydrogens is 482 g/mol. The quantitative estimate of drug-likeness (QED) is 0.279. The Bertz CT molecular complexity index is 1450. The Labute approximate surface area is 211 Å². The van der Waals surface area contributed by atoms with Gasteiger partial charge in [0.25, 0.3) is 0 Å². The van der Waals surface area contributed by atoms with E-state index in [4.69, 9.17) is 0 Å². The largest absolute Gasteiger partial charge is 0.416 e. The van der Waals surface area contributed by atoms with Gasteiger partial charge in [0.2, 0.25) is 5.91 Å². The van der Waals surface area contributed by atoms with E-state index in [1.54, 1.807) is 12.1 Å². The smallest absolute Gasteiger partial charge is 0.342 e. The third-order valence-electron chi connectivity index (χ3n) is 7.36. The third-order valence-corrected chi connectivity index (χ3v) is 7.36. The Morgan fingerprint density at radius 1 is 0.892 bits per heavy atom. The van der Waals surface area contributed by atoms with Gasteiger partial charge in [-0.05, 0) is 66.6 Å². The second-order valence-electron chi connectivity index (χ2n) is 10.0. The van der Waals surface area contributed by atoms with Crippen LogP contribution in [0.15, 0.2) is 66.7 Å². The van der Waals surface area contributed by atoms with Crippen molar-refractivity contribution in [2.24, 2.45) is 11.8 Å². The van der Waals surface area contributed by atoms with Crippen molar-refractivity contribution in [3.8, 4) is 22.5 Å². The fourth-order valence-corrected chi connectivity index (χ4v) is 5.19. The highest BCUT2D eigenvalue weighted by molar-refractivity contribution is 5.82. The Morgan fingerprint density at radius 2 is 1.54 bits per heavy atom. The molecule has 1 amide bonds. The van der Waals surface area contributed by atoms with E-state index < -0.39 is 11.7 Å². The number of aromatic nitrogens is 2. The van der Waals surface area contributed by atoms with Crippen LogP contribution in [-0.4, -0.2) is 33.4 Å². The lowest BCUT2D eigenvalue weighted by molar-refractivity contribution is -0.137. The Hall–Kier alpha value is -3.68. The molecule has 0 bridgehead atoms. The highest BCUT2D eigenvalue weighted by Gasteiger charge is 2.37. The summed E-state index contributed by atoms with van der Waals surface area (Å²) in [5.74, 6) is 0.872. The number of carbonyl (C=O) groups is 1. The molecule has 0 unspecified atom stereocenters. The molecular formula is C29H25F4N3O. The topological polar surface area (TPSA) is 38.1 Å². The van der Waals surface area contributed by atoms with E-state index in [2.05, 4.69) is 4.98 Å². The summed E-state index contributed by atoms with van der Waals surface area (Å²) in [5, 5.41) is 0. The molecule has 0 radical (unpaired) electrons. The average molecular weight is 508 g/mol. The number of likely N-dealkylation sites (tertiary alicyclic amines) is 1. The van der Waals surface area contributed by atoms with Gasteiger partial charge in [-0.1, -0.05) is 36.4 Å². The zero-order valence-electron chi connectivity index (χ0n) is 20.0. The van der Waals surface area contributed by atoms with Crippen molar-refractivity contribution in [3.63, 3.8) is 0 Å². The van der Waals surface area contributed by atoms with Crippen molar-refractivity contribution in [1.29, 1.82) is 0 Å². The molecule has 190 valence electrons. The van der Waals surface area contributed by atoms with Crippen LogP contribution < -0.4 is 0 Å². The molecule has 0 N–H and O–H groups in total. The van der Waals surface area contributed by atoms with Crippen LogP contribution in [-0.2, 0) is 17.5 Å². The zero-order chi connectivity index (χ0) is 25.7. The van der Waals surface area contributed by atoms with Gasteiger partial charge in [-0.3, -0.25) is 4.79 Å². The summed E-state index contributed by atoms with van der Waals surface area (Å²) >= 11 is 0. The molecule has 1 aliphatic heterocycles. The predicted molar refractivity (Wildman–Crippen MR) is 133 cm³/mol. The van der Waals surface area contributed by atoms with Gasteiger partial charge in [0, 0.05) is 31.1 Å². The lowest BCUT2D eigenvalue weighted by atomic mass is 10.0. The molecule has 1 saturated heterocycles. The van der Waals surface area contributed by atoms with E-state index in [0.29, 0.717) is 31.0 Å². The van der Waals surface area contributed by atoms with Crippen molar-refractivity contribution < 1.29 is 22.4 Å². The van der Waals surface area contributed by atoms with Crippen molar-refractivity contribution in [2.75, 3.05) is 13.1 Å². The fraction of sp³-hybridized carbons (Fsp3) is 0.310. The number of carbonyl (C=O) groups excluding carboxylic acids is 1. The van der Waals surface area contributed by atoms with Crippen LogP contribution in [0.4, 0.5) is 17.6 Å². The molecule has 1 aliphatic carbocycles. The van der Waals surface area contributed by atoms with Crippen LogP contribution in [0.2, 0.25) is 0 Å². The summed E-state index contributed by atoms with van der Waals surface area (Å²) in [6.07, 6.45) is -1.68. The molecule has 2 heterocycles. The average Bonchev–Trinajstić information content (AvgIpc) is 3.53. The van der Waals surface area contributed by atoms with Gasteiger partial charge < -0.3 is 9.47 Å². The molecule has 1 aromatic heterocycles. The van der Waals surface area contributed by atoms with E-state index in [1.165, 1.54) is 18.2 Å². The monoisotopic (exact) mass is 507 g/mol. The summed E-state index contributed by atoms with van der Waals surface area (Å²) in [7, 11) is 0. The number of hydrogen-bond donors (Lipinski definition) is 0. The Morgan fingerprint density at radius 3 is 2.19 bits per heavy atom. The van der Waals surface area contributed by atoms with E-state index in [0.717, 1.165) is 48.1 Å². The van der Waals surface area contributed by atoms with Crippen LogP contribution in [0.1, 0.15) is 24.8 Å². The molecule has 37 heavy (non-hydrogen) atoms. The molecule has 8 heteroatoms. The third kappa shape index (κ3) is 4.72. The molecule has 4 nitrogen and oxygen atoms in total. The lowest BCUT2D eigenvalue weighted by Gasteiger charge is -2.18. The van der Waals surface area contributed by atoms with Crippen LogP contribution in [0.5, 0.6) is 0 Å². The summed E-state index contributed by atoms with van der Waals surface area (Å²) in [6, 6.07) is 17.5. The van der Waals surface area contributed by atoms with Crippen LogP contribution in [0, 0.1) is 17.7 Å². The fourth-order valence-electron chi connectivity index (χ4n) is 5.19. The number of imidazole rings is 1. The van der Waals surface area contributed by atoms with Gasteiger partial charge in [0.05, 0.1) is 16.6 Å². The minimum absolute atomic E-state index is 0.170. The second-order valence-corrected chi connectivity index (χ2v) is 10.0. The van der Waals surface area contributed by atoms with Gasteiger partial charge in [0.1, 0.15) is 11.6 Å². The first-order valence-corrected chi connectivity index (χ1v) is 12.5. The maximum atomic E-state index is 13.4. The van der Waals surface area contributed by atoms with Gasteiger partial charge in [-0.25, -0.2) is 9.37 Å². The highest BCUT2D eigenvalue weighted by atomic mass is 19.4. The molecule has 1 atom stereocenters. The molecule has 0 spiro atoms. The van der Waals surface area contributed by atoms with Crippen molar-refractivity contribution in [2.45, 2.75) is 32.0 Å². The van der Waals surface area contributed by atoms with Crippen molar-refractivity contribution in [3.05, 3.63) is 78.1 Å². The van der Waals surface area contributed by atoms with Crippen LogP contribution in [0.25, 0.3) is 33.5 Å². The molecule has 1 saturated carbocycles. The zero-order valence-corrected chi connectivity index (χ0v) is 20.0. The second kappa shape index (κ2) is 9.01. The highest BCUT2D eigenvalue weighted by Crippen LogP contribution is 2.36. The first-order chi connectivity index (χ1) is 17.8. The summed E-state index contributed by atoms with van der Waals surface area (Å²) in [4.78, 5) is 19.1. The Kier molecular flexibility index (Phi) is 5.77. The van der Waals surface area contributed by atoms with Crippen LogP contribution in [0.3, 0.4) is 0 Å². The number of alkyl halides is 3. The number of fused-ring (bicyclic) bond motifs is 1. The first-order valence-electron chi connectivity index (χ1n) is 12.5. The van der Waals surface area contributed by atoms with Gasteiger partial charge in [0.15, 0.2) is 0 Å². The van der Waals surface area contributed by atoms with Crippen LogP contribution >= 0.6 is 0 Å². The summed E-state index contributed by atoms with van der Waals surface area (Å²) in [6.45, 7) is 1.93. The summed E-state index contributed by atoms with van der Waals surface area (Å²) < 4.78 is 55.5. The minimum atomic E-state index is -4.45. The maximum absolute atomic E-state index is 13.4. The minimum Gasteiger partial charge on any atom is -0.342 e. The summed E-state index contributed by atoms with van der Waals surface area (Å²) in [5.41, 5.74) is 2.73. The maximum Gasteiger partial charge on any atom is 0.416 e. The van der Waals surface area contributed by atoms with Crippen molar-refractivity contribution >= 4 is 16.9 Å². The van der Waals surface area contributed by atoms with E-state index >= 15 is 0 Å². The molecule has 6 rings (SSSR count). The molecule has 4 aromatic rings. The standard InChI is InChI=1S/C29H25F4N3O/c30-24-10-7-20(8-11-24)19-1-3-21(4-2-19)27-34-25-15-23(29(31,32)33)9-12-26(25)36(27)17-18-13-14-35(16-18)28(37)22-5-6-22/h1-4,7-12,15,18,22H,5-6,13-14,16-17H2/t18-/m0/s1. The number of benzene rings is 3. The first kappa shape index (κ1) is 23.7. The number of halogens is 4. The number of amides is 1. The lowest BCUT2D eigenvalue weighted by Crippen LogP contribution is -2.30. The molecule has 2 fully saturated rings. The Balaban J connectivity index is 1.35. The van der Waals surface area contributed by atoms with Gasteiger partial charge >= 0.3 is 6.18 Å². The normalized spacial score (nSPS) is 18.1. The van der Waals surface area contributed by atoms with E-state index in [9.17, 15) is 22.4 Å². The number of nitrogens with zero attached hydrogens (tertiary/aromatic N) is 3. The molecule has 2 aliphatic rings. The predicted octanol–water partition coefficient (Wildman–Crippen LogP) is 6.79. The molecule has 3 aromatic carbocycles. The number of rotatable bonds is 5. The number of hydrogen-bond acceptors (Lipinski definition) is 2. The van der Waals surface area contributed by atoms with E-state index in [1.807, 2.05) is 33.7 Å². The van der Waals surface area contributed by atoms with E-state index in [-0.39, 0.29) is 29.1 Å². The SMILES string of the molecule is O=C(C1CC1)N1CC[C@H](Cn2c(-c3ccc(-c4ccc(F)cc4)cc3)nc3cc(C(F)(F)F)ccc32)C1. The van der Waals surface area contributed by atoms with Gasteiger partial charge in [-0.2, -0.15) is 13.2 Å².